The second-order valence-electron chi connectivity index (χ2n) is 8.52. The number of carbonyl (C=O) groups excluding carboxylic acids is 2. The quantitative estimate of drug-likeness (QED) is 0.593. The van der Waals surface area contributed by atoms with Crippen molar-refractivity contribution in [2.24, 2.45) is 5.92 Å². The summed E-state index contributed by atoms with van der Waals surface area (Å²) in [4.78, 5) is 34.9. The van der Waals surface area contributed by atoms with Gasteiger partial charge >= 0.3 is 0 Å². The van der Waals surface area contributed by atoms with Gasteiger partial charge in [0.1, 0.15) is 0 Å². The molecule has 7 nitrogen and oxygen atoms in total. The first-order valence-corrected chi connectivity index (χ1v) is 12.2. The molecule has 2 aliphatic rings. The van der Waals surface area contributed by atoms with Gasteiger partial charge < -0.3 is 9.80 Å². The minimum atomic E-state index is -0.120. The fourth-order valence-electron chi connectivity index (χ4n) is 4.54. The number of carbonyl (C=O) groups is 2. The Morgan fingerprint density at radius 3 is 2.56 bits per heavy atom. The number of rotatable bonds is 5. The van der Waals surface area contributed by atoms with Gasteiger partial charge in [-0.3, -0.25) is 9.59 Å². The van der Waals surface area contributed by atoms with Crippen molar-refractivity contribution >= 4 is 23.2 Å². The highest BCUT2D eigenvalue weighted by Gasteiger charge is 2.29. The molecule has 0 unspecified atom stereocenters. The summed E-state index contributed by atoms with van der Waals surface area (Å²) in [5, 5.41) is 6.60. The highest BCUT2D eigenvalue weighted by Crippen LogP contribution is 2.27. The van der Waals surface area contributed by atoms with E-state index < -0.39 is 0 Å². The minimum Gasteiger partial charge on any atom is -0.342 e. The fraction of sp³-hybridized carbons (Fsp3) is 0.417. The monoisotopic (exact) mass is 449 g/mol. The zero-order valence-corrected chi connectivity index (χ0v) is 18.8. The van der Waals surface area contributed by atoms with Crippen LogP contribution in [0.5, 0.6) is 0 Å². The van der Waals surface area contributed by atoms with E-state index in [1.54, 1.807) is 16.0 Å². The first kappa shape index (κ1) is 20.9. The first-order chi connectivity index (χ1) is 15.7. The molecule has 2 aliphatic heterocycles. The Kier molecular flexibility index (Phi) is 6.03. The molecule has 0 N–H and O–H groups in total. The van der Waals surface area contributed by atoms with E-state index in [0.717, 1.165) is 49.3 Å². The summed E-state index contributed by atoms with van der Waals surface area (Å²) in [7, 11) is 0. The number of aromatic nitrogens is 3. The lowest BCUT2D eigenvalue weighted by atomic mass is 9.95. The summed E-state index contributed by atoms with van der Waals surface area (Å²) >= 11 is 1.58. The normalized spacial score (nSPS) is 17.7. The molecule has 0 atom stereocenters. The maximum absolute atomic E-state index is 13.2. The maximum atomic E-state index is 13.2. The van der Waals surface area contributed by atoms with E-state index in [9.17, 15) is 9.59 Å². The third-order valence-electron chi connectivity index (χ3n) is 6.34. The molecule has 0 saturated carbocycles. The molecule has 2 amide bonds. The van der Waals surface area contributed by atoms with Crippen LogP contribution in [0, 0.1) is 5.92 Å². The first-order valence-electron chi connectivity index (χ1n) is 11.3. The number of hydrogen-bond acceptors (Lipinski definition) is 5. The van der Waals surface area contributed by atoms with E-state index in [4.69, 9.17) is 0 Å². The van der Waals surface area contributed by atoms with E-state index in [1.165, 1.54) is 0 Å². The van der Waals surface area contributed by atoms with Gasteiger partial charge in [0.05, 0.1) is 10.6 Å². The molecule has 0 aliphatic carbocycles. The van der Waals surface area contributed by atoms with Gasteiger partial charge in [0.2, 0.25) is 11.7 Å². The fourth-order valence-corrected chi connectivity index (χ4v) is 5.24. The van der Waals surface area contributed by atoms with Crippen LogP contribution in [0.1, 0.15) is 42.7 Å². The lowest BCUT2D eigenvalue weighted by Gasteiger charge is -2.35. The van der Waals surface area contributed by atoms with Gasteiger partial charge in [0.15, 0.2) is 5.82 Å². The Morgan fingerprint density at radius 2 is 1.84 bits per heavy atom. The van der Waals surface area contributed by atoms with Crippen molar-refractivity contribution < 1.29 is 9.59 Å². The van der Waals surface area contributed by atoms with Crippen LogP contribution in [-0.2, 0) is 4.79 Å². The SMILES string of the molecule is O=C1CCCCN1CC1CCN(C(=O)c2nc(-c3cccs3)n(-c3ccccc3)n2)CC1. The third-order valence-corrected chi connectivity index (χ3v) is 7.21. The number of thiophene rings is 1. The molecule has 3 aromatic rings. The largest absolute Gasteiger partial charge is 0.342 e. The average Bonchev–Trinajstić information content (AvgIpc) is 3.51. The van der Waals surface area contributed by atoms with Crippen LogP contribution < -0.4 is 0 Å². The highest BCUT2D eigenvalue weighted by molar-refractivity contribution is 7.13. The van der Waals surface area contributed by atoms with Crippen LogP contribution in [0.3, 0.4) is 0 Å². The smallest absolute Gasteiger partial charge is 0.293 e. The van der Waals surface area contributed by atoms with E-state index in [2.05, 4.69) is 10.1 Å². The predicted molar refractivity (Wildman–Crippen MR) is 124 cm³/mol. The van der Waals surface area contributed by atoms with Crippen molar-refractivity contribution in [3.63, 3.8) is 0 Å². The molecule has 0 spiro atoms. The Hall–Kier alpha value is -3.00. The minimum absolute atomic E-state index is 0.120. The number of nitrogens with zero attached hydrogens (tertiary/aromatic N) is 5. The third kappa shape index (κ3) is 4.32. The van der Waals surface area contributed by atoms with Gasteiger partial charge in [-0.25, -0.2) is 9.67 Å². The molecular formula is C24H27N5O2S. The second kappa shape index (κ2) is 9.24. The van der Waals surface area contributed by atoms with Crippen LogP contribution in [0.4, 0.5) is 0 Å². The number of para-hydroxylation sites is 1. The Labute approximate surface area is 191 Å². The van der Waals surface area contributed by atoms with Crippen molar-refractivity contribution in [1.29, 1.82) is 0 Å². The summed E-state index contributed by atoms with van der Waals surface area (Å²) in [6.45, 7) is 3.06. The Balaban J connectivity index is 1.29. The maximum Gasteiger partial charge on any atom is 0.293 e. The number of piperidine rings is 2. The van der Waals surface area contributed by atoms with Crippen molar-refractivity contribution in [1.82, 2.24) is 24.6 Å². The topological polar surface area (TPSA) is 71.3 Å². The van der Waals surface area contributed by atoms with Gasteiger partial charge in [-0.2, -0.15) is 0 Å². The van der Waals surface area contributed by atoms with Gasteiger partial charge in [0.25, 0.3) is 5.91 Å². The summed E-state index contributed by atoms with van der Waals surface area (Å²) in [5.74, 6) is 1.55. The number of amides is 2. The summed E-state index contributed by atoms with van der Waals surface area (Å²) in [6.07, 6.45) is 4.61. The predicted octanol–water partition coefficient (Wildman–Crippen LogP) is 3.86. The summed E-state index contributed by atoms with van der Waals surface area (Å²) < 4.78 is 1.76. The van der Waals surface area contributed by atoms with Crippen LogP contribution >= 0.6 is 11.3 Å². The standard InChI is InChI=1S/C24H27N5O2S/c30-21-10-4-5-13-28(21)17-18-11-14-27(15-12-18)24(31)22-25-23(20-9-6-16-32-20)29(26-22)19-7-2-1-3-8-19/h1-3,6-9,16,18H,4-5,10-15,17H2. The summed E-state index contributed by atoms with van der Waals surface area (Å²) in [5.41, 5.74) is 0.882. The second-order valence-corrected chi connectivity index (χ2v) is 9.46. The van der Waals surface area contributed by atoms with Crippen molar-refractivity contribution in [2.45, 2.75) is 32.1 Å². The number of benzene rings is 1. The number of hydrogen-bond donors (Lipinski definition) is 0. The lowest BCUT2D eigenvalue weighted by Crippen LogP contribution is -2.44. The molecule has 1 aromatic carbocycles. The molecule has 0 bridgehead atoms. The van der Waals surface area contributed by atoms with E-state index in [1.807, 2.05) is 57.6 Å². The van der Waals surface area contributed by atoms with E-state index in [0.29, 0.717) is 31.3 Å². The molecule has 5 rings (SSSR count). The van der Waals surface area contributed by atoms with Crippen LogP contribution in [0.2, 0.25) is 0 Å². The molecule has 0 radical (unpaired) electrons. The van der Waals surface area contributed by atoms with Crippen molar-refractivity contribution in [3.05, 3.63) is 53.7 Å². The van der Waals surface area contributed by atoms with Crippen LogP contribution in [0.25, 0.3) is 16.4 Å². The molecule has 2 aromatic heterocycles. The summed E-state index contributed by atoms with van der Waals surface area (Å²) in [6, 6.07) is 13.8. The van der Waals surface area contributed by atoms with E-state index >= 15 is 0 Å². The van der Waals surface area contributed by atoms with Crippen molar-refractivity contribution in [3.8, 4) is 16.4 Å². The molecule has 4 heterocycles. The molecule has 2 fully saturated rings. The Morgan fingerprint density at radius 1 is 1.03 bits per heavy atom. The zero-order valence-electron chi connectivity index (χ0n) is 18.0. The molecule has 2 saturated heterocycles. The van der Waals surface area contributed by atoms with Gasteiger partial charge in [0, 0.05) is 32.6 Å². The van der Waals surface area contributed by atoms with E-state index in [-0.39, 0.29) is 17.6 Å². The van der Waals surface area contributed by atoms with Crippen LogP contribution in [-0.4, -0.2) is 62.6 Å². The van der Waals surface area contributed by atoms with Crippen LogP contribution in [0.15, 0.2) is 47.8 Å². The molecule has 8 heteroatoms. The zero-order chi connectivity index (χ0) is 21.9. The highest BCUT2D eigenvalue weighted by atomic mass is 32.1. The molecule has 32 heavy (non-hydrogen) atoms. The average molecular weight is 450 g/mol. The lowest BCUT2D eigenvalue weighted by molar-refractivity contribution is -0.134. The van der Waals surface area contributed by atoms with Gasteiger partial charge in [-0.05, 0) is 55.2 Å². The molecule has 166 valence electrons. The van der Waals surface area contributed by atoms with Gasteiger partial charge in [-0.1, -0.05) is 24.3 Å². The Bertz CT molecular complexity index is 1070. The van der Waals surface area contributed by atoms with Crippen molar-refractivity contribution in [2.75, 3.05) is 26.2 Å². The molecular weight excluding hydrogens is 422 g/mol. The van der Waals surface area contributed by atoms with Gasteiger partial charge in [-0.15, -0.1) is 16.4 Å². The number of likely N-dealkylation sites (tertiary alicyclic amines) is 2.